The fraction of sp³-hybridized carbons (Fsp3) is 0. The minimum Gasteiger partial charge on any atom is -0.323 e. The van der Waals surface area contributed by atoms with Gasteiger partial charge in [0.2, 0.25) is 0 Å². The Morgan fingerprint density at radius 1 is 1.27 bits per heavy atom. The van der Waals surface area contributed by atoms with Gasteiger partial charge in [-0.2, -0.15) is 0 Å². The van der Waals surface area contributed by atoms with E-state index in [1.165, 1.54) is 0 Å². The van der Waals surface area contributed by atoms with Crippen LogP contribution in [-0.4, -0.2) is 0 Å². The average molecular weight is 347 g/mol. The number of anilines is 1. The number of hydrazine groups is 1. The summed E-state index contributed by atoms with van der Waals surface area (Å²) in [5.74, 6) is 5.21. The molecule has 3 N–H and O–H groups in total. The Morgan fingerprint density at radius 3 is 2.36 bits per heavy atom. The van der Waals surface area contributed by atoms with Gasteiger partial charge in [0.1, 0.15) is 0 Å². The van der Waals surface area contributed by atoms with Crippen LogP contribution in [0.2, 0.25) is 0 Å². The van der Waals surface area contributed by atoms with Gasteiger partial charge in [-0.25, -0.2) is 0 Å². The van der Waals surface area contributed by atoms with Gasteiger partial charge >= 0.3 is 0 Å². The minimum absolute atomic E-state index is 0. The SMILES string of the molecule is Br.NNc1ccc(Br)cc1Br. The lowest BCUT2D eigenvalue weighted by atomic mass is 10.3. The summed E-state index contributed by atoms with van der Waals surface area (Å²) >= 11 is 6.66. The average Bonchev–Trinajstić information content (AvgIpc) is 1.88. The summed E-state index contributed by atoms with van der Waals surface area (Å²) in [6.45, 7) is 0. The molecule has 0 aliphatic carbocycles. The molecule has 0 heterocycles. The maximum Gasteiger partial charge on any atom is 0.0628 e. The van der Waals surface area contributed by atoms with Gasteiger partial charge in [-0.15, -0.1) is 17.0 Å². The molecule has 1 rings (SSSR count). The number of hydrogen-bond acceptors (Lipinski definition) is 2. The fourth-order valence-electron chi connectivity index (χ4n) is 0.607. The first-order valence-corrected chi connectivity index (χ1v) is 4.24. The lowest BCUT2D eigenvalue weighted by Crippen LogP contribution is -2.06. The van der Waals surface area contributed by atoms with E-state index in [0.717, 1.165) is 14.6 Å². The predicted octanol–water partition coefficient (Wildman–Crippen LogP) is 3.08. The van der Waals surface area contributed by atoms with Crippen molar-refractivity contribution < 1.29 is 0 Å². The normalized spacial score (nSPS) is 8.64. The molecule has 1 aromatic carbocycles. The Bertz CT molecular complexity index is 239. The van der Waals surface area contributed by atoms with Crippen molar-refractivity contribution in [2.24, 2.45) is 5.84 Å². The minimum atomic E-state index is 0. The molecular formula is C6H7Br3N2. The summed E-state index contributed by atoms with van der Waals surface area (Å²) in [6.07, 6.45) is 0. The van der Waals surface area contributed by atoms with Gasteiger partial charge in [0, 0.05) is 8.95 Å². The molecule has 0 unspecified atom stereocenters. The largest absolute Gasteiger partial charge is 0.323 e. The molecule has 0 fully saturated rings. The van der Waals surface area contributed by atoms with Crippen molar-refractivity contribution >= 4 is 54.5 Å². The third-order valence-corrected chi connectivity index (χ3v) is 2.24. The second kappa shape index (κ2) is 5.13. The third-order valence-electron chi connectivity index (χ3n) is 1.09. The van der Waals surface area contributed by atoms with E-state index in [2.05, 4.69) is 37.3 Å². The molecule has 0 spiro atoms. The Morgan fingerprint density at radius 2 is 1.91 bits per heavy atom. The highest BCUT2D eigenvalue weighted by atomic mass is 79.9. The zero-order chi connectivity index (χ0) is 7.56. The molecule has 0 radical (unpaired) electrons. The summed E-state index contributed by atoms with van der Waals surface area (Å²) in [5, 5.41) is 0. The summed E-state index contributed by atoms with van der Waals surface area (Å²) in [6, 6.07) is 5.73. The Balaban J connectivity index is 0.000001000. The van der Waals surface area contributed by atoms with Crippen LogP contribution >= 0.6 is 48.8 Å². The zero-order valence-corrected chi connectivity index (χ0v) is 10.4. The van der Waals surface area contributed by atoms with Crippen LogP contribution in [0, 0.1) is 0 Å². The first-order valence-electron chi connectivity index (χ1n) is 2.65. The Hall–Kier alpha value is 0.420. The molecular weight excluding hydrogens is 340 g/mol. The van der Waals surface area contributed by atoms with Crippen LogP contribution in [0.5, 0.6) is 0 Å². The van der Waals surface area contributed by atoms with E-state index in [1.54, 1.807) is 0 Å². The van der Waals surface area contributed by atoms with Gasteiger partial charge < -0.3 is 5.43 Å². The van der Waals surface area contributed by atoms with E-state index in [-0.39, 0.29) is 17.0 Å². The van der Waals surface area contributed by atoms with E-state index >= 15 is 0 Å². The van der Waals surface area contributed by atoms with Crippen LogP contribution in [0.1, 0.15) is 0 Å². The second-order valence-corrected chi connectivity index (χ2v) is 3.54. The van der Waals surface area contributed by atoms with Gasteiger partial charge in [0.25, 0.3) is 0 Å². The molecule has 0 amide bonds. The number of nitrogens with two attached hydrogens (primary N) is 1. The quantitative estimate of drug-likeness (QED) is 0.606. The zero-order valence-electron chi connectivity index (χ0n) is 5.47. The molecule has 1 aromatic rings. The molecule has 0 atom stereocenters. The number of nitrogens with one attached hydrogen (secondary N) is 1. The molecule has 0 saturated heterocycles. The first kappa shape index (κ1) is 11.4. The highest BCUT2D eigenvalue weighted by Gasteiger charge is 1.95. The van der Waals surface area contributed by atoms with Crippen LogP contribution in [0.25, 0.3) is 0 Å². The smallest absolute Gasteiger partial charge is 0.0628 e. The molecule has 0 aromatic heterocycles. The molecule has 5 heteroatoms. The van der Waals surface area contributed by atoms with Crippen LogP contribution in [0.4, 0.5) is 5.69 Å². The fourth-order valence-corrected chi connectivity index (χ4v) is 1.77. The van der Waals surface area contributed by atoms with Crippen LogP contribution in [-0.2, 0) is 0 Å². The standard InChI is InChI=1S/C6H6Br2N2.BrH/c7-4-1-2-6(10-9)5(8)3-4;/h1-3,10H,9H2;1H. The van der Waals surface area contributed by atoms with Crippen molar-refractivity contribution in [2.45, 2.75) is 0 Å². The van der Waals surface area contributed by atoms with Gasteiger partial charge in [0.05, 0.1) is 5.69 Å². The highest BCUT2D eigenvalue weighted by Crippen LogP contribution is 2.24. The van der Waals surface area contributed by atoms with Gasteiger partial charge in [-0.05, 0) is 34.1 Å². The predicted molar refractivity (Wildman–Crippen MR) is 60.0 cm³/mol. The van der Waals surface area contributed by atoms with Crippen molar-refractivity contribution in [1.82, 2.24) is 0 Å². The maximum atomic E-state index is 5.21. The van der Waals surface area contributed by atoms with E-state index in [0.29, 0.717) is 0 Å². The summed E-state index contributed by atoms with van der Waals surface area (Å²) in [7, 11) is 0. The van der Waals surface area contributed by atoms with Gasteiger partial charge in [-0.3, -0.25) is 5.84 Å². The van der Waals surface area contributed by atoms with Crippen molar-refractivity contribution in [2.75, 3.05) is 5.43 Å². The van der Waals surface area contributed by atoms with Gasteiger partial charge in [-0.1, -0.05) is 15.9 Å². The number of hydrogen-bond donors (Lipinski definition) is 2. The van der Waals surface area contributed by atoms with Crippen LogP contribution in [0.3, 0.4) is 0 Å². The van der Waals surface area contributed by atoms with Crippen LogP contribution < -0.4 is 11.3 Å². The molecule has 0 saturated carbocycles. The molecule has 2 nitrogen and oxygen atoms in total. The molecule has 0 aliphatic rings. The van der Waals surface area contributed by atoms with Crippen molar-refractivity contribution in [3.05, 3.63) is 27.1 Å². The van der Waals surface area contributed by atoms with E-state index in [9.17, 15) is 0 Å². The monoisotopic (exact) mass is 344 g/mol. The van der Waals surface area contributed by atoms with Crippen LogP contribution in [0.15, 0.2) is 27.1 Å². The topological polar surface area (TPSA) is 38.0 Å². The Labute approximate surface area is 92.5 Å². The highest BCUT2D eigenvalue weighted by molar-refractivity contribution is 9.11. The summed E-state index contributed by atoms with van der Waals surface area (Å²) in [5.41, 5.74) is 3.43. The lowest BCUT2D eigenvalue weighted by Gasteiger charge is -2.01. The lowest BCUT2D eigenvalue weighted by molar-refractivity contribution is 1.34. The molecule has 11 heavy (non-hydrogen) atoms. The summed E-state index contributed by atoms with van der Waals surface area (Å²) < 4.78 is 1.97. The van der Waals surface area contributed by atoms with Crippen molar-refractivity contribution in [3.63, 3.8) is 0 Å². The maximum absolute atomic E-state index is 5.21. The number of benzene rings is 1. The van der Waals surface area contributed by atoms with Gasteiger partial charge in [0.15, 0.2) is 0 Å². The number of rotatable bonds is 1. The second-order valence-electron chi connectivity index (χ2n) is 1.77. The number of halogens is 3. The molecule has 0 aliphatic heterocycles. The molecule has 62 valence electrons. The first-order chi connectivity index (χ1) is 4.74. The Kier molecular flexibility index (Phi) is 5.33. The van der Waals surface area contributed by atoms with Crippen molar-refractivity contribution in [3.8, 4) is 0 Å². The van der Waals surface area contributed by atoms with E-state index in [1.807, 2.05) is 18.2 Å². The third kappa shape index (κ3) is 3.11. The summed E-state index contributed by atoms with van der Waals surface area (Å²) in [4.78, 5) is 0. The van der Waals surface area contributed by atoms with E-state index < -0.39 is 0 Å². The molecule has 0 bridgehead atoms. The number of nitrogen functional groups attached to an aromatic ring is 1. The van der Waals surface area contributed by atoms with E-state index in [4.69, 9.17) is 5.84 Å². The van der Waals surface area contributed by atoms with Crippen molar-refractivity contribution in [1.29, 1.82) is 0 Å².